The Morgan fingerprint density at radius 2 is 1.64 bits per heavy atom. The average molecular weight is 443 g/mol. The molecule has 3 N–H and O–H groups in total. The maximum absolute atomic E-state index is 13.4. The van der Waals surface area contributed by atoms with E-state index in [0.29, 0.717) is 11.5 Å². The second kappa shape index (κ2) is 10.2. The Hall–Kier alpha value is -3.18. The van der Waals surface area contributed by atoms with Gasteiger partial charge >= 0.3 is 0 Å². The van der Waals surface area contributed by atoms with Gasteiger partial charge in [0, 0.05) is 30.2 Å². The van der Waals surface area contributed by atoms with Gasteiger partial charge in [0.15, 0.2) is 0 Å². The fourth-order valence-electron chi connectivity index (χ4n) is 4.76. The Kier molecular flexibility index (Phi) is 7.09. The molecule has 5 nitrogen and oxygen atoms in total. The maximum atomic E-state index is 13.4. The SMILES string of the molecule is Cc1cc(C)cc(NC(=O)c2cncc(-c3cc(C)cc(C)c3)c2NCC2CCCNC2)c1. The van der Waals surface area contributed by atoms with Gasteiger partial charge in [0.05, 0.1) is 11.3 Å². The molecule has 1 aliphatic heterocycles. The Bertz CT molecular complexity index is 1110. The van der Waals surface area contributed by atoms with Crippen LogP contribution in [-0.2, 0) is 0 Å². The molecular formula is C28H34N4O. The van der Waals surface area contributed by atoms with Crippen LogP contribution in [0.2, 0.25) is 0 Å². The summed E-state index contributed by atoms with van der Waals surface area (Å²) in [5.41, 5.74) is 8.87. The summed E-state index contributed by atoms with van der Waals surface area (Å²) in [7, 11) is 0. The first-order chi connectivity index (χ1) is 15.9. The van der Waals surface area contributed by atoms with Crippen LogP contribution >= 0.6 is 0 Å². The molecule has 33 heavy (non-hydrogen) atoms. The minimum atomic E-state index is -0.150. The van der Waals surface area contributed by atoms with Gasteiger partial charge in [-0.25, -0.2) is 0 Å². The predicted octanol–water partition coefficient (Wildman–Crippen LogP) is 5.65. The van der Waals surface area contributed by atoms with Gasteiger partial charge in [-0.05, 0) is 88.4 Å². The van der Waals surface area contributed by atoms with Crippen molar-refractivity contribution in [3.05, 3.63) is 76.6 Å². The third-order valence-corrected chi connectivity index (χ3v) is 6.17. The summed E-state index contributed by atoms with van der Waals surface area (Å²) in [6.07, 6.45) is 5.91. The molecule has 5 heteroatoms. The van der Waals surface area contributed by atoms with Gasteiger partial charge in [-0.3, -0.25) is 9.78 Å². The Labute approximate surface area is 197 Å². The predicted molar refractivity (Wildman–Crippen MR) is 137 cm³/mol. The third kappa shape index (κ3) is 5.79. The second-order valence-corrected chi connectivity index (χ2v) is 9.41. The quantitative estimate of drug-likeness (QED) is 0.462. The average Bonchev–Trinajstić information content (AvgIpc) is 2.76. The molecule has 2 heterocycles. The zero-order chi connectivity index (χ0) is 23.4. The highest BCUT2D eigenvalue weighted by atomic mass is 16.1. The molecule has 1 saturated heterocycles. The molecule has 4 rings (SSSR count). The summed E-state index contributed by atoms with van der Waals surface area (Å²) < 4.78 is 0. The van der Waals surface area contributed by atoms with Crippen molar-refractivity contribution in [1.29, 1.82) is 0 Å². The fraction of sp³-hybridized carbons (Fsp3) is 0.357. The summed E-state index contributed by atoms with van der Waals surface area (Å²) in [4.78, 5) is 17.9. The Balaban J connectivity index is 1.70. The summed E-state index contributed by atoms with van der Waals surface area (Å²) in [6, 6.07) is 12.6. The first-order valence-electron chi connectivity index (χ1n) is 11.8. The molecular weight excluding hydrogens is 408 g/mol. The molecule has 1 unspecified atom stereocenters. The molecule has 0 spiro atoms. The zero-order valence-electron chi connectivity index (χ0n) is 20.1. The number of hydrogen-bond acceptors (Lipinski definition) is 4. The number of aryl methyl sites for hydroxylation is 4. The van der Waals surface area contributed by atoms with E-state index >= 15 is 0 Å². The molecule has 1 aromatic heterocycles. The van der Waals surface area contributed by atoms with Gasteiger partial charge in [-0.15, -0.1) is 0 Å². The lowest BCUT2D eigenvalue weighted by atomic mass is 9.97. The van der Waals surface area contributed by atoms with Crippen LogP contribution in [0.3, 0.4) is 0 Å². The number of benzene rings is 2. The van der Waals surface area contributed by atoms with E-state index in [9.17, 15) is 4.79 Å². The van der Waals surface area contributed by atoms with E-state index in [1.165, 1.54) is 24.0 Å². The van der Waals surface area contributed by atoms with Crippen molar-refractivity contribution in [3.63, 3.8) is 0 Å². The third-order valence-electron chi connectivity index (χ3n) is 6.17. The highest BCUT2D eigenvalue weighted by molar-refractivity contribution is 6.10. The molecule has 1 atom stereocenters. The Morgan fingerprint density at radius 3 is 2.27 bits per heavy atom. The largest absolute Gasteiger partial charge is 0.383 e. The van der Waals surface area contributed by atoms with Crippen LogP contribution in [0.1, 0.15) is 45.5 Å². The molecule has 0 saturated carbocycles. The van der Waals surface area contributed by atoms with Gasteiger partial charge in [0.2, 0.25) is 0 Å². The first-order valence-corrected chi connectivity index (χ1v) is 11.8. The van der Waals surface area contributed by atoms with Crippen molar-refractivity contribution in [2.45, 2.75) is 40.5 Å². The number of amides is 1. The number of carbonyl (C=O) groups excluding carboxylic acids is 1. The van der Waals surface area contributed by atoms with E-state index in [1.807, 2.05) is 32.2 Å². The number of aromatic nitrogens is 1. The van der Waals surface area contributed by atoms with E-state index in [4.69, 9.17) is 0 Å². The van der Waals surface area contributed by atoms with Crippen LogP contribution in [0.25, 0.3) is 11.1 Å². The smallest absolute Gasteiger partial charge is 0.259 e. The fourth-order valence-corrected chi connectivity index (χ4v) is 4.76. The van der Waals surface area contributed by atoms with E-state index in [0.717, 1.165) is 53.3 Å². The standard InChI is InChI=1S/C28H34N4O/c1-18-8-19(2)11-23(10-18)25-16-30-17-26(27(25)31-15-22-6-5-7-29-14-22)28(33)32-24-12-20(3)9-21(4)13-24/h8-13,16-17,22,29H,5-7,14-15H2,1-4H3,(H,30,31)(H,32,33). The molecule has 1 amide bonds. The van der Waals surface area contributed by atoms with Crippen molar-refractivity contribution in [3.8, 4) is 11.1 Å². The lowest BCUT2D eigenvalue weighted by Gasteiger charge is -2.25. The zero-order valence-corrected chi connectivity index (χ0v) is 20.1. The van der Waals surface area contributed by atoms with Crippen molar-refractivity contribution in [2.75, 3.05) is 30.3 Å². The van der Waals surface area contributed by atoms with Gasteiger partial charge in [0.1, 0.15) is 0 Å². The lowest BCUT2D eigenvalue weighted by Crippen LogP contribution is -2.33. The van der Waals surface area contributed by atoms with Gasteiger partial charge in [-0.2, -0.15) is 0 Å². The highest BCUT2D eigenvalue weighted by Gasteiger charge is 2.20. The number of nitrogens with one attached hydrogen (secondary N) is 3. The van der Waals surface area contributed by atoms with Crippen LogP contribution in [0, 0.1) is 33.6 Å². The molecule has 2 aromatic carbocycles. The van der Waals surface area contributed by atoms with Crippen molar-refractivity contribution < 1.29 is 4.79 Å². The van der Waals surface area contributed by atoms with Gasteiger partial charge in [0.25, 0.3) is 5.91 Å². The number of nitrogens with zero attached hydrogens (tertiary/aromatic N) is 1. The first kappa shape index (κ1) is 23.0. The van der Waals surface area contributed by atoms with Gasteiger partial charge in [-0.1, -0.05) is 35.4 Å². The molecule has 0 radical (unpaired) electrons. The highest BCUT2D eigenvalue weighted by Crippen LogP contribution is 2.32. The second-order valence-electron chi connectivity index (χ2n) is 9.41. The molecule has 1 fully saturated rings. The van der Waals surface area contributed by atoms with Crippen LogP contribution in [-0.4, -0.2) is 30.5 Å². The van der Waals surface area contributed by atoms with Crippen LogP contribution in [0.4, 0.5) is 11.4 Å². The van der Waals surface area contributed by atoms with E-state index in [2.05, 4.69) is 59.0 Å². The topological polar surface area (TPSA) is 66.0 Å². The Morgan fingerprint density at radius 1 is 0.970 bits per heavy atom. The number of carbonyl (C=O) groups is 1. The number of pyridine rings is 1. The molecule has 0 bridgehead atoms. The molecule has 0 aliphatic carbocycles. The molecule has 172 valence electrons. The van der Waals surface area contributed by atoms with Crippen molar-refractivity contribution >= 4 is 17.3 Å². The number of rotatable bonds is 6. The van der Waals surface area contributed by atoms with E-state index in [1.54, 1.807) is 6.20 Å². The minimum Gasteiger partial charge on any atom is -0.383 e. The maximum Gasteiger partial charge on any atom is 0.259 e. The van der Waals surface area contributed by atoms with Crippen LogP contribution < -0.4 is 16.0 Å². The van der Waals surface area contributed by atoms with E-state index < -0.39 is 0 Å². The lowest BCUT2D eigenvalue weighted by molar-refractivity contribution is 0.102. The summed E-state index contributed by atoms with van der Waals surface area (Å²) in [5.74, 6) is 0.386. The minimum absolute atomic E-state index is 0.150. The summed E-state index contributed by atoms with van der Waals surface area (Å²) in [6.45, 7) is 11.2. The van der Waals surface area contributed by atoms with Gasteiger partial charge < -0.3 is 16.0 Å². The summed E-state index contributed by atoms with van der Waals surface area (Å²) >= 11 is 0. The number of hydrogen-bond donors (Lipinski definition) is 3. The van der Waals surface area contributed by atoms with Crippen molar-refractivity contribution in [1.82, 2.24) is 10.3 Å². The van der Waals surface area contributed by atoms with Crippen LogP contribution in [0.5, 0.6) is 0 Å². The monoisotopic (exact) mass is 442 g/mol. The van der Waals surface area contributed by atoms with E-state index in [-0.39, 0.29) is 5.91 Å². The number of anilines is 2. The molecule has 1 aliphatic rings. The van der Waals surface area contributed by atoms with Crippen LogP contribution in [0.15, 0.2) is 48.8 Å². The summed E-state index contributed by atoms with van der Waals surface area (Å²) in [5, 5.41) is 10.2. The molecule has 3 aromatic rings. The van der Waals surface area contributed by atoms with Crippen molar-refractivity contribution in [2.24, 2.45) is 5.92 Å². The number of piperidine rings is 1. The normalized spacial score (nSPS) is 15.8.